The first-order valence-corrected chi connectivity index (χ1v) is 6.85. The molecule has 1 amide bonds. The van der Waals surface area contributed by atoms with Crippen LogP contribution >= 0.6 is 15.9 Å². The highest BCUT2D eigenvalue weighted by molar-refractivity contribution is 9.10. The molecule has 0 aromatic heterocycles. The van der Waals surface area contributed by atoms with Crippen LogP contribution in [0.25, 0.3) is 0 Å². The van der Waals surface area contributed by atoms with Crippen molar-refractivity contribution >= 4 is 21.8 Å². The highest BCUT2D eigenvalue weighted by Gasteiger charge is 2.23. The van der Waals surface area contributed by atoms with Crippen molar-refractivity contribution in [2.75, 3.05) is 19.7 Å². The largest absolute Gasteiger partial charge is 0.395 e. The first-order chi connectivity index (χ1) is 9.01. The van der Waals surface area contributed by atoms with E-state index in [0.29, 0.717) is 13.0 Å². The monoisotopic (exact) mass is 335 g/mol. The van der Waals surface area contributed by atoms with Crippen molar-refractivity contribution in [2.24, 2.45) is 0 Å². The number of rotatable bonds is 6. The molecule has 0 aliphatic carbocycles. The Morgan fingerprint density at radius 2 is 1.89 bits per heavy atom. The summed E-state index contributed by atoms with van der Waals surface area (Å²) in [5, 5.41) is 8.93. The molecule has 0 fully saturated rings. The summed E-state index contributed by atoms with van der Waals surface area (Å²) < 4.78 is 27.6. The fourth-order valence-corrected chi connectivity index (χ4v) is 2.09. The lowest BCUT2D eigenvalue weighted by atomic mass is 10.1. The Morgan fingerprint density at radius 1 is 1.32 bits per heavy atom. The topological polar surface area (TPSA) is 40.5 Å². The molecule has 1 N–H and O–H groups in total. The van der Waals surface area contributed by atoms with Gasteiger partial charge in [0.05, 0.1) is 6.61 Å². The van der Waals surface area contributed by atoms with E-state index < -0.39 is 23.1 Å². The molecular weight excluding hydrogens is 320 g/mol. The number of aliphatic hydroxyl groups excluding tert-OH is 1. The Hall–Kier alpha value is -1.01. The molecule has 1 aromatic carbocycles. The van der Waals surface area contributed by atoms with Crippen LogP contribution in [0.4, 0.5) is 8.78 Å². The van der Waals surface area contributed by atoms with Crippen LogP contribution in [0.1, 0.15) is 30.1 Å². The zero-order valence-electron chi connectivity index (χ0n) is 10.6. The number of nitrogens with zero attached hydrogens (tertiary/aromatic N) is 1. The van der Waals surface area contributed by atoms with Gasteiger partial charge in [-0.2, -0.15) is 0 Å². The van der Waals surface area contributed by atoms with Crippen LogP contribution in [0.15, 0.2) is 16.6 Å². The number of aliphatic hydroxyl groups is 1. The quantitative estimate of drug-likeness (QED) is 0.868. The van der Waals surface area contributed by atoms with Crippen LogP contribution in [-0.4, -0.2) is 35.6 Å². The number of hydrogen-bond donors (Lipinski definition) is 1. The molecular formula is C13H16BrF2NO2. The van der Waals surface area contributed by atoms with Crippen LogP contribution in [0.2, 0.25) is 0 Å². The minimum atomic E-state index is -0.906. The average Bonchev–Trinajstić information content (AvgIpc) is 2.33. The number of amides is 1. The number of unbranched alkanes of at least 4 members (excludes halogenated alkanes) is 1. The van der Waals surface area contributed by atoms with Crippen LogP contribution < -0.4 is 0 Å². The maximum atomic E-state index is 13.7. The van der Waals surface area contributed by atoms with E-state index in [-0.39, 0.29) is 17.6 Å². The number of hydrogen-bond acceptors (Lipinski definition) is 2. The van der Waals surface area contributed by atoms with Crippen molar-refractivity contribution in [3.63, 3.8) is 0 Å². The van der Waals surface area contributed by atoms with Gasteiger partial charge in [0.15, 0.2) is 0 Å². The number of carbonyl (C=O) groups excluding carboxylic acids is 1. The van der Waals surface area contributed by atoms with Crippen LogP contribution in [0.5, 0.6) is 0 Å². The van der Waals surface area contributed by atoms with Gasteiger partial charge in [0.25, 0.3) is 5.91 Å². The Morgan fingerprint density at radius 3 is 2.37 bits per heavy atom. The molecule has 0 radical (unpaired) electrons. The molecule has 1 rings (SSSR count). The SMILES string of the molecule is CCCCN(CCO)C(=O)c1c(F)cc(Br)cc1F. The zero-order valence-corrected chi connectivity index (χ0v) is 12.2. The molecule has 0 saturated carbocycles. The molecule has 106 valence electrons. The molecule has 0 saturated heterocycles. The minimum absolute atomic E-state index is 0.0633. The first-order valence-electron chi connectivity index (χ1n) is 6.06. The zero-order chi connectivity index (χ0) is 14.4. The Bertz CT molecular complexity index is 431. The van der Waals surface area contributed by atoms with Gasteiger partial charge in [-0.15, -0.1) is 0 Å². The fourth-order valence-electron chi connectivity index (χ4n) is 1.69. The van der Waals surface area contributed by atoms with E-state index in [1.54, 1.807) is 0 Å². The van der Waals surface area contributed by atoms with Crippen LogP contribution in [0, 0.1) is 11.6 Å². The van der Waals surface area contributed by atoms with E-state index >= 15 is 0 Å². The summed E-state index contributed by atoms with van der Waals surface area (Å²) in [5.74, 6) is -2.54. The lowest BCUT2D eigenvalue weighted by Crippen LogP contribution is -2.35. The third-order valence-corrected chi connectivity index (χ3v) is 3.12. The molecule has 19 heavy (non-hydrogen) atoms. The predicted molar refractivity (Wildman–Crippen MR) is 72.0 cm³/mol. The second-order valence-corrected chi connectivity index (χ2v) is 5.03. The van der Waals surface area contributed by atoms with Gasteiger partial charge < -0.3 is 10.0 Å². The van der Waals surface area contributed by atoms with E-state index in [9.17, 15) is 13.6 Å². The minimum Gasteiger partial charge on any atom is -0.395 e. The highest BCUT2D eigenvalue weighted by atomic mass is 79.9. The van der Waals surface area contributed by atoms with Gasteiger partial charge in [-0.1, -0.05) is 29.3 Å². The Labute approximate surface area is 119 Å². The molecule has 0 heterocycles. The molecule has 0 bridgehead atoms. The summed E-state index contributed by atoms with van der Waals surface area (Å²) in [6, 6.07) is 2.10. The third-order valence-electron chi connectivity index (χ3n) is 2.66. The van der Waals surface area contributed by atoms with Crippen molar-refractivity contribution in [1.82, 2.24) is 4.90 Å². The van der Waals surface area contributed by atoms with E-state index in [1.807, 2.05) is 6.92 Å². The Kier molecular flexibility index (Phi) is 6.37. The van der Waals surface area contributed by atoms with Gasteiger partial charge in [-0.3, -0.25) is 4.79 Å². The Balaban J connectivity index is 3.02. The predicted octanol–water partition coefficient (Wildman–Crippen LogP) is 2.96. The van der Waals surface area contributed by atoms with E-state index in [4.69, 9.17) is 5.11 Å². The van der Waals surface area contributed by atoms with Crippen LogP contribution in [0.3, 0.4) is 0 Å². The van der Waals surface area contributed by atoms with Gasteiger partial charge in [-0.05, 0) is 18.6 Å². The van der Waals surface area contributed by atoms with Gasteiger partial charge in [0, 0.05) is 17.6 Å². The molecule has 0 aliphatic rings. The third kappa shape index (κ3) is 4.24. The number of halogens is 3. The summed E-state index contributed by atoms with van der Waals surface area (Å²) in [6.45, 7) is 2.14. The number of benzene rings is 1. The lowest BCUT2D eigenvalue weighted by Gasteiger charge is -2.22. The van der Waals surface area contributed by atoms with Crippen molar-refractivity contribution in [3.8, 4) is 0 Å². The standard InChI is InChI=1S/C13H16BrF2NO2/c1-2-3-4-17(5-6-18)13(19)12-10(15)7-9(14)8-11(12)16/h7-8,18H,2-6H2,1H3. The molecule has 3 nitrogen and oxygen atoms in total. The maximum Gasteiger partial charge on any atom is 0.259 e. The molecule has 0 unspecified atom stereocenters. The van der Waals surface area contributed by atoms with Crippen LogP contribution in [-0.2, 0) is 0 Å². The van der Waals surface area contributed by atoms with Crippen molar-refractivity contribution in [3.05, 3.63) is 33.8 Å². The van der Waals surface area contributed by atoms with E-state index in [1.165, 1.54) is 4.90 Å². The summed E-state index contributed by atoms with van der Waals surface area (Å²) in [6.07, 6.45) is 1.56. The second kappa shape index (κ2) is 7.55. The van der Waals surface area contributed by atoms with Gasteiger partial charge in [0.2, 0.25) is 0 Å². The lowest BCUT2D eigenvalue weighted by molar-refractivity contribution is 0.0709. The highest BCUT2D eigenvalue weighted by Crippen LogP contribution is 2.21. The molecule has 0 atom stereocenters. The van der Waals surface area contributed by atoms with E-state index in [0.717, 1.165) is 18.6 Å². The van der Waals surface area contributed by atoms with E-state index in [2.05, 4.69) is 15.9 Å². The average molecular weight is 336 g/mol. The van der Waals surface area contributed by atoms with Gasteiger partial charge in [0.1, 0.15) is 17.2 Å². The summed E-state index contributed by atoms with van der Waals surface area (Å²) in [4.78, 5) is 13.4. The summed E-state index contributed by atoms with van der Waals surface area (Å²) in [7, 11) is 0. The molecule has 6 heteroatoms. The fraction of sp³-hybridized carbons (Fsp3) is 0.462. The maximum absolute atomic E-state index is 13.7. The van der Waals surface area contributed by atoms with Gasteiger partial charge >= 0.3 is 0 Å². The van der Waals surface area contributed by atoms with Crippen molar-refractivity contribution in [1.29, 1.82) is 0 Å². The van der Waals surface area contributed by atoms with Crippen molar-refractivity contribution in [2.45, 2.75) is 19.8 Å². The van der Waals surface area contributed by atoms with Crippen molar-refractivity contribution < 1.29 is 18.7 Å². The molecule has 0 aliphatic heterocycles. The van der Waals surface area contributed by atoms with Gasteiger partial charge in [-0.25, -0.2) is 8.78 Å². The number of carbonyl (C=O) groups is 1. The molecule has 1 aromatic rings. The summed E-state index contributed by atoms with van der Waals surface area (Å²) in [5.41, 5.74) is -0.576. The summed E-state index contributed by atoms with van der Waals surface area (Å²) >= 11 is 2.96. The smallest absolute Gasteiger partial charge is 0.259 e. The molecule has 0 spiro atoms. The second-order valence-electron chi connectivity index (χ2n) is 4.11. The first kappa shape index (κ1) is 16.0. The normalized spacial score (nSPS) is 10.6.